The summed E-state index contributed by atoms with van der Waals surface area (Å²) in [6.45, 7) is 10.6. The van der Waals surface area contributed by atoms with Gasteiger partial charge >= 0.3 is 0 Å². The quantitative estimate of drug-likeness (QED) is 0.527. The fourth-order valence-electron chi connectivity index (χ4n) is 4.32. The van der Waals surface area contributed by atoms with Crippen LogP contribution in [-0.4, -0.2) is 34.4 Å². The number of hydrogen-bond acceptors (Lipinski definition) is 3. The van der Waals surface area contributed by atoms with Gasteiger partial charge in [0.25, 0.3) is 0 Å². The third-order valence-electron chi connectivity index (χ3n) is 5.83. The van der Waals surface area contributed by atoms with Crippen molar-refractivity contribution < 1.29 is 5.11 Å². The molecule has 5 heteroatoms. The Morgan fingerprint density at radius 1 is 1.07 bits per heavy atom. The molecule has 29 heavy (non-hydrogen) atoms. The molecule has 0 fully saturated rings. The molecule has 4 rings (SSSR count). The summed E-state index contributed by atoms with van der Waals surface area (Å²) in [5, 5.41) is 10.4. The number of nitrogens with zero attached hydrogens (tertiary/aromatic N) is 3. The Hall–Kier alpha value is -2.11. The summed E-state index contributed by atoms with van der Waals surface area (Å²) in [7, 11) is 0. The monoisotopic (exact) mass is 453 g/mol. The van der Waals surface area contributed by atoms with Gasteiger partial charge in [0.05, 0.1) is 5.69 Å². The van der Waals surface area contributed by atoms with Crippen molar-refractivity contribution in [3.05, 3.63) is 62.9 Å². The molecule has 0 radical (unpaired) electrons. The summed E-state index contributed by atoms with van der Waals surface area (Å²) in [6, 6.07) is 6.64. The van der Waals surface area contributed by atoms with Gasteiger partial charge in [-0.2, -0.15) is 0 Å². The largest absolute Gasteiger partial charge is 0.396 e. The third kappa shape index (κ3) is 3.74. The number of aryl methyl sites for hydroxylation is 4. The number of anilines is 1. The molecule has 2 aromatic heterocycles. The van der Waals surface area contributed by atoms with E-state index in [0.717, 1.165) is 47.4 Å². The van der Waals surface area contributed by atoms with Gasteiger partial charge in [-0.05, 0) is 75.4 Å². The Kier molecular flexibility index (Phi) is 5.54. The van der Waals surface area contributed by atoms with E-state index in [1.807, 2.05) is 0 Å². The van der Waals surface area contributed by atoms with Gasteiger partial charge in [0, 0.05) is 47.1 Å². The van der Waals surface area contributed by atoms with Crippen molar-refractivity contribution >= 4 is 32.7 Å². The number of aliphatic hydroxyl groups is 1. The number of hydrogen-bond donors (Lipinski definition) is 1. The lowest BCUT2D eigenvalue weighted by Crippen LogP contribution is -2.29. The van der Waals surface area contributed by atoms with Crippen LogP contribution in [0.5, 0.6) is 0 Å². The Morgan fingerprint density at radius 2 is 1.79 bits per heavy atom. The first-order chi connectivity index (χ1) is 13.9. The summed E-state index contributed by atoms with van der Waals surface area (Å²) in [5.74, 6) is 0. The summed E-state index contributed by atoms with van der Waals surface area (Å²) < 4.78 is 3.39. The van der Waals surface area contributed by atoms with E-state index in [4.69, 9.17) is 4.98 Å². The van der Waals surface area contributed by atoms with Gasteiger partial charge in [-0.25, -0.2) is 4.98 Å². The predicted molar refractivity (Wildman–Crippen MR) is 124 cm³/mol. The van der Waals surface area contributed by atoms with Crippen LogP contribution in [0, 0.1) is 27.7 Å². The van der Waals surface area contributed by atoms with E-state index in [1.165, 1.54) is 33.3 Å². The number of pyridine rings is 1. The summed E-state index contributed by atoms with van der Waals surface area (Å²) in [5.41, 5.74) is 9.51. The molecule has 0 aliphatic carbocycles. The van der Waals surface area contributed by atoms with Crippen molar-refractivity contribution in [2.45, 2.75) is 40.5 Å². The average Bonchev–Trinajstić information content (AvgIpc) is 3.02. The first-order valence-electron chi connectivity index (χ1n) is 10.2. The molecular formula is C24H28BrN3O. The first-order valence-corrected chi connectivity index (χ1v) is 11.0. The highest BCUT2D eigenvalue weighted by Crippen LogP contribution is 2.35. The molecule has 1 aliphatic rings. The molecule has 0 atom stereocenters. The topological polar surface area (TPSA) is 41.3 Å². The SMILES string of the molecule is Cc1cc(N2CC=C(CCO)CC2)c2c(C)cn(-c3cc(C)c(Br)c(C)c3)c2n1. The summed E-state index contributed by atoms with van der Waals surface area (Å²) in [6.07, 6.45) is 6.28. The molecule has 1 aliphatic heterocycles. The Bertz CT molecular complexity index is 1090. The van der Waals surface area contributed by atoms with Crippen LogP contribution in [-0.2, 0) is 0 Å². The van der Waals surface area contributed by atoms with Crippen LogP contribution in [0.15, 0.2) is 40.5 Å². The molecule has 0 saturated heterocycles. The highest BCUT2D eigenvalue weighted by molar-refractivity contribution is 9.10. The predicted octanol–water partition coefficient (Wildman–Crippen LogP) is 5.54. The molecule has 0 saturated carbocycles. The smallest absolute Gasteiger partial charge is 0.147 e. The number of aromatic nitrogens is 2. The zero-order valence-electron chi connectivity index (χ0n) is 17.6. The number of aliphatic hydroxyl groups excluding tert-OH is 1. The molecule has 3 heterocycles. The minimum Gasteiger partial charge on any atom is -0.396 e. The maximum atomic E-state index is 9.21. The lowest BCUT2D eigenvalue weighted by molar-refractivity contribution is 0.297. The van der Waals surface area contributed by atoms with E-state index >= 15 is 0 Å². The van der Waals surface area contributed by atoms with E-state index in [9.17, 15) is 5.11 Å². The van der Waals surface area contributed by atoms with Crippen LogP contribution < -0.4 is 4.90 Å². The van der Waals surface area contributed by atoms with E-state index in [2.05, 4.69) is 83.6 Å². The van der Waals surface area contributed by atoms with Gasteiger partial charge in [0.15, 0.2) is 0 Å². The van der Waals surface area contributed by atoms with Crippen LogP contribution in [0.1, 0.15) is 35.2 Å². The lowest BCUT2D eigenvalue weighted by Gasteiger charge is -2.29. The molecule has 1 aromatic carbocycles. The molecule has 0 bridgehead atoms. The van der Waals surface area contributed by atoms with Crippen LogP contribution in [0.2, 0.25) is 0 Å². The Morgan fingerprint density at radius 3 is 2.41 bits per heavy atom. The standard InChI is InChI=1S/C24H28BrN3O/c1-15-11-20(12-16(2)23(15)25)28-14-17(3)22-21(13-18(4)26-24(22)28)27-8-5-19(6-9-27)7-10-29/h5,11-14,29H,6-10H2,1-4H3. The Labute approximate surface area is 181 Å². The average molecular weight is 454 g/mol. The van der Waals surface area contributed by atoms with Gasteiger partial charge in [0.1, 0.15) is 5.65 Å². The van der Waals surface area contributed by atoms with Crippen molar-refractivity contribution in [2.75, 3.05) is 24.6 Å². The molecule has 1 N–H and O–H groups in total. The zero-order chi connectivity index (χ0) is 20.7. The molecule has 0 unspecified atom stereocenters. The second-order valence-electron chi connectivity index (χ2n) is 8.09. The second-order valence-corrected chi connectivity index (χ2v) is 8.88. The fourth-order valence-corrected chi connectivity index (χ4v) is 4.55. The highest BCUT2D eigenvalue weighted by Gasteiger charge is 2.20. The van der Waals surface area contributed by atoms with Crippen molar-refractivity contribution in [3.8, 4) is 5.69 Å². The molecule has 0 spiro atoms. The normalized spacial score (nSPS) is 14.6. The second kappa shape index (κ2) is 7.96. The van der Waals surface area contributed by atoms with Gasteiger partial charge in [0.2, 0.25) is 0 Å². The summed E-state index contributed by atoms with van der Waals surface area (Å²) >= 11 is 3.68. The Balaban J connectivity index is 1.84. The van der Waals surface area contributed by atoms with Crippen molar-refractivity contribution in [3.63, 3.8) is 0 Å². The van der Waals surface area contributed by atoms with E-state index in [1.54, 1.807) is 0 Å². The molecule has 0 amide bonds. The highest BCUT2D eigenvalue weighted by atomic mass is 79.9. The van der Waals surface area contributed by atoms with Crippen LogP contribution >= 0.6 is 15.9 Å². The fraction of sp³-hybridized carbons (Fsp3) is 0.375. The van der Waals surface area contributed by atoms with Gasteiger partial charge in [-0.3, -0.25) is 0 Å². The van der Waals surface area contributed by atoms with Gasteiger partial charge in [-0.1, -0.05) is 27.6 Å². The molecular weight excluding hydrogens is 426 g/mol. The molecule has 4 nitrogen and oxygen atoms in total. The lowest BCUT2D eigenvalue weighted by atomic mass is 10.0. The zero-order valence-corrected chi connectivity index (χ0v) is 19.2. The first kappa shape index (κ1) is 20.2. The van der Waals surface area contributed by atoms with E-state index in [0.29, 0.717) is 0 Å². The van der Waals surface area contributed by atoms with Crippen LogP contribution in [0.4, 0.5) is 5.69 Å². The van der Waals surface area contributed by atoms with Crippen LogP contribution in [0.25, 0.3) is 16.7 Å². The summed E-state index contributed by atoms with van der Waals surface area (Å²) in [4.78, 5) is 7.37. The van der Waals surface area contributed by atoms with E-state index in [-0.39, 0.29) is 6.61 Å². The minimum atomic E-state index is 0.235. The van der Waals surface area contributed by atoms with Gasteiger partial charge in [-0.15, -0.1) is 0 Å². The molecule has 3 aromatic rings. The number of halogens is 1. The number of benzene rings is 1. The van der Waals surface area contributed by atoms with Crippen molar-refractivity contribution in [1.82, 2.24) is 9.55 Å². The third-order valence-corrected chi connectivity index (χ3v) is 7.08. The minimum absolute atomic E-state index is 0.235. The maximum absolute atomic E-state index is 9.21. The van der Waals surface area contributed by atoms with Crippen LogP contribution in [0.3, 0.4) is 0 Å². The van der Waals surface area contributed by atoms with E-state index < -0.39 is 0 Å². The van der Waals surface area contributed by atoms with Gasteiger partial charge < -0.3 is 14.6 Å². The van der Waals surface area contributed by atoms with Crippen molar-refractivity contribution in [1.29, 1.82) is 0 Å². The number of fused-ring (bicyclic) bond motifs is 1. The van der Waals surface area contributed by atoms with Crippen molar-refractivity contribution in [2.24, 2.45) is 0 Å². The number of rotatable bonds is 4. The molecule has 152 valence electrons. The maximum Gasteiger partial charge on any atom is 0.147 e.